The van der Waals surface area contributed by atoms with Crippen molar-refractivity contribution < 1.29 is 23.5 Å². The Bertz CT molecular complexity index is 609. The van der Waals surface area contributed by atoms with Gasteiger partial charge in [-0.05, 0) is 25.1 Å². The Morgan fingerprint density at radius 2 is 2.15 bits per heavy atom. The van der Waals surface area contributed by atoms with Crippen LogP contribution in [0.5, 0.6) is 0 Å². The zero-order chi connectivity index (χ0) is 14.7. The first kappa shape index (κ1) is 13.9. The summed E-state index contributed by atoms with van der Waals surface area (Å²) in [6, 6.07) is 3.57. The minimum absolute atomic E-state index is 0.0412. The molecule has 0 aromatic heterocycles. The molecule has 0 N–H and O–H groups in total. The third-order valence-electron chi connectivity index (χ3n) is 2.76. The van der Waals surface area contributed by atoms with E-state index in [4.69, 9.17) is 4.74 Å². The number of esters is 1. The zero-order valence-corrected chi connectivity index (χ0v) is 10.8. The highest BCUT2D eigenvalue weighted by atomic mass is 19.1. The predicted molar refractivity (Wildman–Crippen MR) is 68.9 cm³/mol. The van der Waals surface area contributed by atoms with Crippen LogP contribution in [0.4, 0.5) is 10.1 Å². The Kier molecular flexibility index (Phi) is 3.93. The number of carbonyl (C=O) groups excluding carboxylic acids is 3. The second kappa shape index (κ2) is 5.64. The first-order valence-electron chi connectivity index (χ1n) is 6.03. The van der Waals surface area contributed by atoms with Crippen LogP contribution in [0.1, 0.15) is 17.3 Å². The molecule has 1 aliphatic rings. The maximum atomic E-state index is 13.1. The molecule has 2 rings (SSSR count). The molecule has 5 nitrogen and oxygen atoms in total. The molecule has 1 heterocycles. The highest BCUT2D eigenvalue weighted by Gasteiger charge is 2.35. The van der Waals surface area contributed by atoms with E-state index in [2.05, 4.69) is 0 Å². The topological polar surface area (TPSA) is 63.7 Å². The Balaban J connectivity index is 2.16. The van der Waals surface area contributed by atoms with Gasteiger partial charge < -0.3 is 9.64 Å². The third kappa shape index (κ3) is 2.59. The second-order valence-corrected chi connectivity index (χ2v) is 4.06. The maximum absolute atomic E-state index is 13.1. The molecule has 0 fully saturated rings. The van der Waals surface area contributed by atoms with Crippen LogP contribution >= 0.6 is 0 Å². The average molecular weight is 277 g/mol. The van der Waals surface area contributed by atoms with Crippen molar-refractivity contribution >= 4 is 23.3 Å². The Hall–Kier alpha value is -2.50. The second-order valence-electron chi connectivity index (χ2n) is 4.06. The molecule has 6 heteroatoms. The molecule has 1 aromatic rings. The van der Waals surface area contributed by atoms with Gasteiger partial charge in [-0.15, -0.1) is 0 Å². The highest BCUT2D eigenvalue weighted by molar-refractivity contribution is 6.52. The molecule has 104 valence electrons. The zero-order valence-electron chi connectivity index (χ0n) is 10.8. The highest BCUT2D eigenvalue weighted by Crippen LogP contribution is 2.29. The van der Waals surface area contributed by atoms with Crippen LogP contribution in [0.2, 0.25) is 0 Å². The Morgan fingerprint density at radius 3 is 2.85 bits per heavy atom. The number of fused-ring (bicyclic) bond motifs is 1. The number of halogens is 1. The number of carbonyl (C=O) groups is 3. The molecule has 20 heavy (non-hydrogen) atoms. The lowest BCUT2D eigenvalue weighted by Crippen LogP contribution is -2.29. The van der Waals surface area contributed by atoms with Gasteiger partial charge in [-0.3, -0.25) is 9.59 Å². The summed E-state index contributed by atoms with van der Waals surface area (Å²) in [5.41, 5.74) is 0.384. The van der Waals surface area contributed by atoms with Gasteiger partial charge in [0.05, 0.1) is 17.9 Å². The van der Waals surface area contributed by atoms with E-state index in [1.54, 1.807) is 6.92 Å². The van der Waals surface area contributed by atoms with Crippen molar-refractivity contribution in [3.63, 3.8) is 0 Å². The quantitative estimate of drug-likeness (QED) is 0.475. The first-order valence-corrected chi connectivity index (χ1v) is 6.03. The van der Waals surface area contributed by atoms with Crippen LogP contribution in [0, 0.1) is 5.82 Å². The van der Waals surface area contributed by atoms with E-state index >= 15 is 0 Å². The lowest BCUT2D eigenvalue weighted by Gasteiger charge is -2.13. The molecule has 0 saturated heterocycles. The van der Waals surface area contributed by atoms with E-state index in [-0.39, 0.29) is 18.7 Å². The summed E-state index contributed by atoms with van der Waals surface area (Å²) in [6.45, 7) is 1.98. The lowest BCUT2D eigenvalue weighted by molar-refractivity contribution is -0.137. The van der Waals surface area contributed by atoms with Crippen LogP contribution in [0.25, 0.3) is 0 Å². The van der Waals surface area contributed by atoms with Crippen molar-refractivity contribution in [1.82, 2.24) is 0 Å². The number of ketones is 1. The number of amides is 1. The van der Waals surface area contributed by atoms with Crippen molar-refractivity contribution in [2.45, 2.75) is 6.92 Å². The van der Waals surface area contributed by atoms with Gasteiger partial charge >= 0.3 is 5.97 Å². The van der Waals surface area contributed by atoms with Crippen LogP contribution in [-0.2, 0) is 14.3 Å². The van der Waals surface area contributed by atoms with Crippen LogP contribution in [0.15, 0.2) is 30.4 Å². The molecule has 0 aliphatic carbocycles. The smallest absolute Gasteiger partial charge is 0.330 e. The molecule has 1 aromatic carbocycles. The summed E-state index contributed by atoms with van der Waals surface area (Å²) in [4.78, 5) is 35.8. The molecule has 0 spiro atoms. The summed E-state index contributed by atoms with van der Waals surface area (Å²) in [5, 5.41) is 0. The Morgan fingerprint density at radius 1 is 1.40 bits per heavy atom. The van der Waals surface area contributed by atoms with Gasteiger partial charge in [0, 0.05) is 12.6 Å². The summed E-state index contributed by atoms with van der Waals surface area (Å²) in [7, 11) is 0. The van der Waals surface area contributed by atoms with Crippen LogP contribution in [0.3, 0.4) is 0 Å². The number of rotatable bonds is 4. The monoisotopic (exact) mass is 277 g/mol. The number of nitrogens with zero attached hydrogens (tertiary/aromatic N) is 1. The predicted octanol–water partition coefficient (Wildman–Crippen LogP) is 1.47. The molecule has 1 amide bonds. The molecule has 1 aliphatic heterocycles. The fourth-order valence-corrected chi connectivity index (χ4v) is 1.90. The number of benzene rings is 1. The van der Waals surface area contributed by atoms with Gasteiger partial charge in [0.2, 0.25) is 0 Å². The normalized spacial score (nSPS) is 14.0. The SMILES string of the molecule is CCOC(=O)/C=C/CN1C(=O)C(=O)c2cc(F)ccc21. The molecule has 0 radical (unpaired) electrons. The molecular weight excluding hydrogens is 265 g/mol. The number of hydrogen-bond acceptors (Lipinski definition) is 4. The van der Waals surface area contributed by atoms with Gasteiger partial charge in [0.15, 0.2) is 0 Å². The van der Waals surface area contributed by atoms with E-state index < -0.39 is 23.5 Å². The fourth-order valence-electron chi connectivity index (χ4n) is 1.90. The molecular formula is C14H12FNO4. The molecule has 0 saturated carbocycles. The van der Waals surface area contributed by atoms with Gasteiger partial charge in [0.1, 0.15) is 5.82 Å². The third-order valence-corrected chi connectivity index (χ3v) is 2.76. The van der Waals surface area contributed by atoms with Crippen LogP contribution in [-0.4, -0.2) is 30.8 Å². The molecule has 0 unspecified atom stereocenters. The minimum Gasteiger partial charge on any atom is -0.463 e. The number of hydrogen-bond donors (Lipinski definition) is 0. The van der Waals surface area contributed by atoms with Gasteiger partial charge in [0.25, 0.3) is 11.7 Å². The fraction of sp³-hybridized carbons (Fsp3) is 0.214. The standard InChI is InChI=1S/C14H12FNO4/c1-2-20-12(17)4-3-7-16-11-6-5-9(15)8-10(11)13(18)14(16)19/h3-6,8H,2,7H2,1H3/b4-3+. The number of ether oxygens (including phenoxy) is 1. The first-order chi connectivity index (χ1) is 9.54. The lowest BCUT2D eigenvalue weighted by atomic mass is 10.1. The van der Waals surface area contributed by atoms with Crippen molar-refractivity contribution in [2.24, 2.45) is 0 Å². The Labute approximate surface area is 114 Å². The van der Waals surface area contributed by atoms with Gasteiger partial charge in [-0.1, -0.05) is 6.08 Å². The van der Waals surface area contributed by atoms with Crippen LogP contribution < -0.4 is 4.90 Å². The summed E-state index contributed by atoms with van der Waals surface area (Å²) in [5.74, 6) is -2.58. The molecule has 0 bridgehead atoms. The minimum atomic E-state index is -0.746. The summed E-state index contributed by atoms with van der Waals surface area (Å²) < 4.78 is 17.8. The molecule has 0 atom stereocenters. The number of anilines is 1. The van der Waals surface area contributed by atoms with E-state index in [1.807, 2.05) is 0 Å². The van der Waals surface area contributed by atoms with E-state index in [0.717, 1.165) is 6.07 Å². The van der Waals surface area contributed by atoms with Gasteiger partial charge in [-0.25, -0.2) is 9.18 Å². The summed E-state index contributed by atoms with van der Waals surface area (Å²) >= 11 is 0. The van der Waals surface area contributed by atoms with Crippen molar-refractivity contribution in [3.8, 4) is 0 Å². The summed E-state index contributed by atoms with van der Waals surface area (Å²) in [6.07, 6.45) is 2.60. The van der Waals surface area contributed by atoms with Crippen molar-refractivity contribution in [1.29, 1.82) is 0 Å². The number of Topliss-reactive ketones (excluding diaryl/α,β-unsaturated/α-hetero) is 1. The van der Waals surface area contributed by atoms with E-state index in [9.17, 15) is 18.8 Å². The van der Waals surface area contributed by atoms with Crippen molar-refractivity contribution in [2.75, 3.05) is 18.1 Å². The van der Waals surface area contributed by atoms with Crippen molar-refractivity contribution in [3.05, 3.63) is 41.7 Å². The van der Waals surface area contributed by atoms with E-state index in [0.29, 0.717) is 5.69 Å². The van der Waals surface area contributed by atoms with Gasteiger partial charge in [-0.2, -0.15) is 0 Å². The average Bonchev–Trinajstić information content (AvgIpc) is 2.64. The largest absolute Gasteiger partial charge is 0.463 e. The van der Waals surface area contributed by atoms with E-state index in [1.165, 1.54) is 29.2 Å². The maximum Gasteiger partial charge on any atom is 0.330 e.